The fraction of sp³-hybridized carbons (Fsp3) is 0.500. The minimum Gasteiger partial charge on any atom is -0.477 e. The molecule has 0 radical (unpaired) electrons. The summed E-state index contributed by atoms with van der Waals surface area (Å²) in [5.74, 6) is -0.631. The van der Waals surface area contributed by atoms with Gasteiger partial charge in [0.15, 0.2) is 0 Å². The number of nitrogens with zero attached hydrogens (tertiary/aromatic N) is 3. The molecular weight excluding hydrogens is 346 g/mol. The van der Waals surface area contributed by atoms with E-state index in [2.05, 4.69) is 9.97 Å². The highest BCUT2D eigenvalue weighted by molar-refractivity contribution is 7.14. The van der Waals surface area contributed by atoms with Crippen molar-refractivity contribution in [3.8, 4) is 0 Å². The van der Waals surface area contributed by atoms with Crippen LogP contribution >= 0.6 is 22.7 Å². The molecule has 8 heteroatoms. The molecule has 0 aromatic carbocycles. The number of carbonyl (C=O) groups excluding carboxylic acids is 1. The van der Waals surface area contributed by atoms with Crippen LogP contribution in [0.5, 0.6) is 0 Å². The quantitative estimate of drug-likeness (QED) is 0.899. The van der Waals surface area contributed by atoms with Crippen molar-refractivity contribution >= 4 is 34.6 Å². The zero-order valence-electron chi connectivity index (χ0n) is 13.6. The second-order valence-electron chi connectivity index (χ2n) is 5.81. The van der Waals surface area contributed by atoms with Gasteiger partial charge >= 0.3 is 5.97 Å². The van der Waals surface area contributed by atoms with E-state index in [1.165, 1.54) is 28.9 Å². The van der Waals surface area contributed by atoms with Crippen LogP contribution in [0.15, 0.2) is 6.20 Å². The molecular formula is C16H19N3O3S2. The van der Waals surface area contributed by atoms with Crippen LogP contribution in [0.25, 0.3) is 0 Å². The first-order valence-electron chi connectivity index (χ1n) is 7.94. The first-order chi connectivity index (χ1) is 11.5. The summed E-state index contributed by atoms with van der Waals surface area (Å²) in [5, 5.41) is 10.9. The Kier molecular flexibility index (Phi) is 4.96. The topological polar surface area (TPSA) is 83.4 Å². The molecule has 0 atom stereocenters. The van der Waals surface area contributed by atoms with Crippen molar-refractivity contribution in [1.82, 2.24) is 14.9 Å². The standard InChI is InChI=1S/C16H19N3O3S2/c1-3-12-18-9(2)13(24-12)15(20)19-6-4-10(5-7-19)14-17-8-11(23-14)16(21)22/h8,10H,3-7H2,1-2H3,(H,21,22). The number of carbonyl (C=O) groups is 2. The number of carboxylic acids is 1. The number of aromatic nitrogens is 2. The molecule has 3 rings (SSSR count). The number of thiazole rings is 2. The average Bonchev–Trinajstić information content (AvgIpc) is 3.21. The van der Waals surface area contributed by atoms with E-state index >= 15 is 0 Å². The normalized spacial score (nSPS) is 15.7. The lowest BCUT2D eigenvalue weighted by molar-refractivity contribution is 0.0697. The molecule has 6 nitrogen and oxygen atoms in total. The number of likely N-dealkylation sites (tertiary alicyclic amines) is 1. The Morgan fingerprint density at radius 1 is 1.33 bits per heavy atom. The Morgan fingerprint density at radius 2 is 2.04 bits per heavy atom. The zero-order chi connectivity index (χ0) is 17.3. The van der Waals surface area contributed by atoms with Gasteiger partial charge in [0.05, 0.1) is 21.9 Å². The monoisotopic (exact) mass is 365 g/mol. The molecule has 0 saturated carbocycles. The minimum absolute atomic E-state index is 0.0634. The van der Waals surface area contributed by atoms with Crippen LogP contribution in [0.3, 0.4) is 0 Å². The van der Waals surface area contributed by atoms with E-state index in [9.17, 15) is 9.59 Å². The summed E-state index contributed by atoms with van der Waals surface area (Å²) in [7, 11) is 0. The molecule has 1 saturated heterocycles. The average molecular weight is 365 g/mol. The molecule has 1 aliphatic rings. The Labute approximate surface area is 148 Å². The van der Waals surface area contributed by atoms with Crippen LogP contribution in [0.1, 0.15) is 60.7 Å². The molecule has 128 valence electrons. The highest BCUT2D eigenvalue weighted by atomic mass is 32.1. The van der Waals surface area contributed by atoms with Crippen LogP contribution < -0.4 is 0 Å². The Balaban J connectivity index is 1.64. The molecule has 0 bridgehead atoms. The maximum Gasteiger partial charge on any atom is 0.347 e. The van der Waals surface area contributed by atoms with Gasteiger partial charge < -0.3 is 10.0 Å². The van der Waals surface area contributed by atoms with Crippen molar-refractivity contribution in [2.45, 2.75) is 39.0 Å². The molecule has 0 aliphatic carbocycles. The summed E-state index contributed by atoms with van der Waals surface area (Å²) in [4.78, 5) is 35.2. The van der Waals surface area contributed by atoms with E-state index in [0.29, 0.717) is 13.1 Å². The summed E-state index contributed by atoms with van der Waals surface area (Å²) in [6.45, 7) is 5.27. The van der Waals surface area contributed by atoms with Gasteiger partial charge in [0.2, 0.25) is 0 Å². The van der Waals surface area contributed by atoms with Crippen LogP contribution in [0.4, 0.5) is 0 Å². The predicted octanol–water partition coefficient (Wildman–Crippen LogP) is 3.19. The molecule has 1 aliphatic heterocycles. The summed E-state index contributed by atoms with van der Waals surface area (Å²) in [6.07, 6.45) is 3.90. The second kappa shape index (κ2) is 6.98. The Bertz CT molecular complexity index is 760. The van der Waals surface area contributed by atoms with Gasteiger partial charge in [0, 0.05) is 19.0 Å². The van der Waals surface area contributed by atoms with Gasteiger partial charge in [0.1, 0.15) is 9.75 Å². The van der Waals surface area contributed by atoms with E-state index < -0.39 is 5.97 Å². The van der Waals surface area contributed by atoms with Gasteiger partial charge in [0.25, 0.3) is 5.91 Å². The number of aryl methyl sites for hydroxylation is 2. The smallest absolute Gasteiger partial charge is 0.347 e. The number of aromatic carboxylic acids is 1. The predicted molar refractivity (Wildman–Crippen MR) is 93.2 cm³/mol. The molecule has 2 aromatic heterocycles. The van der Waals surface area contributed by atoms with E-state index in [1.807, 2.05) is 18.7 Å². The third kappa shape index (κ3) is 3.34. The molecule has 1 fully saturated rings. The zero-order valence-corrected chi connectivity index (χ0v) is 15.2. The van der Waals surface area contributed by atoms with Crippen LogP contribution in [0, 0.1) is 6.92 Å². The summed E-state index contributed by atoms with van der Waals surface area (Å²) in [6, 6.07) is 0. The van der Waals surface area contributed by atoms with Crippen LogP contribution in [-0.2, 0) is 6.42 Å². The van der Waals surface area contributed by atoms with Crippen molar-refractivity contribution in [3.63, 3.8) is 0 Å². The van der Waals surface area contributed by atoms with Gasteiger partial charge in [-0.3, -0.25) is 4.79 Å². The number of hydrogen-bond acceptors (Lipinski definition) is 6. The summed E-state index contributed by atoms with van der Waals surface area (Å²) < 4.78 is 0. The first-order valence-corrected chi connectivity index (χ1v) is 9.57. The minimum atomic E-state index is -0.932. The Morgan fingerprint density at radius 3 is 2.58 bits per heavy atom. The van der Waals surface area contributed by atoms with E-state index in [4.69, 9.17) is 5.11 Å². The highest BCUT2D eigenvalue weighted by Gasteiger charge is 2.28. The van der Waals surface area contributed by atoms with E-state index in [-0.39, 0.29) is 16.7 Å². The van der Waals surface area contributed by atoms with Crippen molar-refractivity contribution < 1.29 is 14.7 Å². The van der Waals surface area contributed by atoms with Crippen LogP contribution in [0.2, 0.25) is 0 Å². The molecule has 0 spiro atoms. The third-order valence-corrected chi connectivity index (χ3v) is 6.64. The molecule has 0 unspecified atom stereocenters. The molecule has 24 heavy (non-hydrogen) atoms. The summed E-state index contributed by atoms with van der Waals surface area (Å²) in [5.41, 5.74) is 0.815. The number of amides is 1. The number of carboxylic acid groups (broad SMARTS) is 1. The lowest BCUT2D eigenvalue weighted by Crippen LogP contribution is -2.37. The molecule has 3 heterocycles. The first kappa shape index (κ1) is 17.0. The van der Waals surface area contributed by atoms with E-state index in [0.717, 1.165) is 39.8 Å². The Hall–Kier alpha value is -1.80. The maximum absolute atomic E-state index is 12.7. The van der Waals surface area contributed by atoms with Crippen molar-refractivity contribution in [1.29, 1.82) is 0 Å². The van der Waals surface area contributed by atoms with Gasteiger partial charge in [-0.25, -0.2) is 14.8 Å². The summed E-state index contributed by atoms with van der Waals surface area (Å²) >= 11 is 2.73. The van der Waals surface area contributed by atoms with E-state index in [1.54, 1.807) is 0 Å². The van der Waals surface area contributed by atoms with Crippen molar-refractivity contribution in [2.24, 2.45) is 0 Å². The van der Waals surface area contributed by atoms with Gasteiger partial charge in [-0.1, -0.05) is 6.92 Å². The van der Waals surface area contributed by atoms with Crippen molar-refractivity contribution in [2.75, 3.05) is 13.1 Å². The van der Waals surface area contributed by atoms with Gasteiger partial charge in [-0.05, 0) is 26.2 Å². The molecule has 1 N–H and O–H groups in total. The largest absolute Gasteiger partial charge is 0.477 e. The lowest BCUT2D eigenvalue weighted by Gasteiger charge is -2.30. The maximum atomic E-state index is 12.7. The van der Waals surface area contributed by atoms with Crippen molar-refractivity contribution in [3.05, 3.63) is 31.7 Å². The van der Waals surface area contributed by atoms with Gasteiger partial charge in [-0.2, -0.15) is 0 Å². The molecule has 2 aromatic rings. The fourth-order valence-corrected chi connectivity index (χ4v) is 4.75. The SMILES string of the molecule is CCc1nc(C)c(C(=O)N2CCC(c3ncc(C(=O)O)s3)CC2)s1. The number of hydrogen-bond donors (Lipinski definition) is 1. The van der Waals surface area contributed by atoms with Crippen LogP contribution in [-0.4, -0.2) is 44.9 Å². The van der Waals surface area contributed by atoms with Gasteiger partial charge in [-0.15, -0.1) is 22.7 Å². The fourth-order valence-electron chi connectivity index (χ4n) is 2.85. The highest BCUT2D eigenvalue weighted by Crippen LogP contribution is 2.32. The number of piperidine rings is 1. The number of rotatable bonds is 4. The third-order valence-electron chi connectivity index (χ3n) is 4.20. The lowest BCUT2D eigenvalue weighted by atomic mass is 9.97. The second-order valence-corrected chi connectivity index (χ2v) is 7.96. The molecule has 1 amide bonds.